The number of nitro benzene ring substituents is 1. The van der Waals surface area contributed by atoms with Gasteiger partial charge in [0.2, 0.25) is 0 Å². The second kappa shape index (κ2) is 8.15. The van der Waals surface area contributed by atoms with E-state index < -0.39 is 28.1 Å². The number of nitrogens with zero attached hydrogens (tertiary/aromatic N) is 3. The van der Waals surface area contributed by atoms with Crippen LogP contribution in [0.2, 0.25) is 0 Å². The highest BCUT2D eigenvalue weighted by molar-refractivity contribution is 8.18. The summed E-state index contributed by atoms with van der Waals surface area (Å²) in [7, 11) is 1.20. The number of benzene rings is 1. The normalized spacial score (nSPS) is 16.3. The van der Waals surface area contributed by atoms with Crippen molar-refractivity contribution in [1.29, 1.82) is 0 Å². The molecule has 10 heteroatoms. The first-order valence-electron chi connectivity index (χ1n) is 8.94. The highest BCUT2D eigenvalue weighted by Gasteiger charge is 2.41. The molecular weight excluding hydrogens is 410 g/mol. The molecule has 9 nitrogen and oxygen atoms in total. The minimum absolute atomic E-state index is 0.00478. The molecule has 3 rings (SSSR count). The van der Waals surface area contributed by atoms with Crippen molar-refractivity contribution >= 4 is 40.6 Å². The maximum atomic E-state index is 12.7. The zero-order valence-corrected chi connectivity index (χ0v) is 17.6. The van der Waals surface area contributed by atoms with E-state index in [9.17, 15) is 24.5 Å². The summed E-state index contributed by atoms with van der Waals surface area (Å²) in [5, 5.41) is 10.3. The first-order valence-corrected chi connectivity index (χ1v) is 9.76. The van der Waals surface area contributed by atoms with Crippen LogP contribution in [0.15, 0.2) is 35.2 Å². The van der Waals surface area contributed by atoms with Crippen molar-refractivity contribution in [2.75, 3.05) is 7.11 Å². The van der Waals surface area contributed by atoms with Crippen LogP contribution in [0.5, 0.6) is 0 Å². The minimum Gasteiger partial charge on any atom is -0.467 e. The maximum Gasteiger partial charge on any atom is 0.328 e. The lowest BCUT2D eigenvalue weighted by Crippen LogP contribution is -2.42. The SMILES string of the molecule is COC(=O)[C@H](C)N1C(=O)S/C(=C\c2cc(C)n(-c3ccc([N+](=O)[O-])cc3)c2C)C1=O. The highest BCUT2D eigenvalue weighted by atomic mass is 32.2. The molecule has 1 aliphatic rings. The van der Waals surface area contributed by atoms with E-state index in [1.165, 1.54) is 26.2 Å². The van der Waals surface area contributed by atoms with E-state index >= 15 is 0 Å². The zero-order chi connectivity index (χ0) is 22.2. The molecule has 1 fully saturated rings. The molecule has 2 aromatic rings. The Balaban J connectivity index is 1.94. The lowest BCUT2D eigenvalue weighted by atomic mass is 10.2. The molecule has 0 spiro atoms. The smallest absolute Gasteiger partial charge is 0.328 e. The molecule has 1 aromatic carbocycles. The van der Waals surface area contributed by atoms with Crippen LogP contribution in [0, 0.1) is 24.0 Å². The fraction of sp³-hybridized carbons (Fsp3) is 0.250. The van der Waals surface area contributed by atoms with E-state index in [1.807, 2.05) is 24.5 Å². The number of carbonyl (C=O) groups excluding carboxylic acids is 3. The van der Waals surface area contributed by atoms with Crippen molar-refractivity contribution in [2.24, 2.45) is 0 Å². The lowest BCUT2D eigenvalue weighted by molar-refractivity contribution is -0.384. The van der Waals surface area contributed by atoms with E-state index in [4.69, 9.17) is 0 Å². The molecule has 1 saturated heterocycles. The van der Waals surface area contributed by atoms with Gasteiger partial charge in [0.25, 0.3) is 16.8 Å². The van der Waals surface area contributed by atoms with Crippen LogP contribution in [0.1, 0.15) is 23.9 Å². The van der Waals surface area contributed by atoms with Gasteiger partial charge < -0.3 is 9.30 Å². The second-order valence-corrected chi connectivity index (χ2v) is 7.68. The highest BCUT2D eigenvalue weighted by Crippen LogP contribution is 2.35. The van der Waals surface area contributed by atoms with Crippen LogP contribution in [-0.4, -0.2) is 44.7 Å². The standard InChI is InChI=1S/C20H19N3O6S/c1-11-9-14(12(2)21(11)15-5-7-16(8-6-15)23(27)28)10-17-18(24)22(20(26)30-17)13(3)19(25)29-4/h5-10,13H,1-4H3/b17-10-/t13-/m0/s1. The van der Waals surface area contributed by atoms with Crippen molar-refractivity contribution < 1.29 is 24.0 Å². The van der Waals surface area contributed by atoms with Gasteiger partial charge in [-0.15, -0.1) is 0 Å². The van der Waals surface area contributed by atoms with Crippen molar-refractivity contribution in [1.82, 2.24) is 9.47 Å². The Hall–Kier alpha value is -3.40. The fourth-order valence-corrected chi connectivity index (χ4v) is 4.18. The average Bonchev–Trinajstić information content (AvgIpc) is 3.15. The number of aryl methyl sites for hydroxylation is 1. The Morgan fingerprint density at radius 1 is 1.23 bits per heavy atom. The van der Waals surface area contributed by atoms with E-state index in [0.29, 0.717) is 0 Å². The monoisotopic (exact) mass is 429 g/mol. The van der Waals surface area contributed by atoms with Crippen molar-refractivity contribution in [3.05, 3.63) is 62.3 Å². The molecule has 2 heterocycles. The van der Waals surface area contributed by atoms with E-state index in [1.54, 1.807) is 18.2 Å². The molecule has 0 saturated carbocycles. The van der Waals surface area contributed by atoms with Crippen LogP contribution in [0.4, 0.5) is 10.5 Å². The Labute approximate surface area is 176 Å². The number of ether oxygens (including phenoxy) is 1. The Morgan fingerprint density at radius 2 is 1.87 bits per heavy atom. The molecule has 1 atom stereocenters. The van der Waals surface area contributed by atoms with Gasteiger partial charge in [0.05, 0.1) is 16.9 Å². The van der Waals surface area contributed by atoms with Gasteiger partial charge in [-0.25, -0.2) is 4.79 Å². The van der Waals surface area contributed by atoms with Gasteiger partial charge in [0.15, 0.2) is 0 Å². The van der Waals surface area contributed by atoms with Crippen LogP contribution in [0.3, 0.4) is 0 Å². The van der Waals surface area contributed by atoms with Crippen LogP contribution in [0.25, 0.3) is 11.8 Å². The maximum absolute atomic E-state index is 12.7. The minimum atomic E-state index is -1.01. The van der Waals surface area contributed by atoms with Crippen molar-refractivity contribution in [3.8, 4) is 5.69 Å². The van der Waals surface area contributed by atoms with Gasteiger partial charge >= 0.3 is 5.97 Å². The number of non-ortho nitro benzene ring substituents is 1. The third-order valence-corrected chi connectivity index (χ3v) is 5.71. The molecule has 0 unspecified atom stereocenters. The summed E-state index contributed by atoms with van der Waals surface area (Å²) < 4.78 is 6.53. The molecule has 0 aliphatic carbocycles. The Morgan fingerprint density at radius 3 is 2.43 bits per heavy atom. The molecule has 0 radical (unpaired) electrons. The predicted molar refractivity (Wildman–Crippen MR) is 111 cm³/mol. The lowest BCUT2D eigenvalue weighted by Gasteiger charge is -2.18. The summed E-state index contributed by atoms with van der Waals surface area (Å²) in [6.45, 7) is 5.16. The Kier molecular flexibility index (Phi) is 5.79. The average molecular weight is 429 g/mol. The van der Waals surface area contributed by atoms with E-state index in [2.05, 4.69) is 4.74 Å². The summed E-state index contributed by atoms with van der Waals surface area (Å²) in [6.07, 6.45) is 1.61. The summed E-state index contributed by atoms with van der Waals surface area (Å²) in [5.74, 6) is -1.22. The number of aromatic nitrogens is 1. The second-order valence-electron chi connectivity index (χ2n) is 6.69. The van der Waals surface area contributed by atoms with Crippen LogP contribution in [-0.2, 0) is 14.3 Å². The first-order chi connectivity index (χ1) is 14.1. The van der Waals surface area contributed by atoms with Gasteiger partial charge in [-0.2, -0.15) is 0 Å². The Bertz CT molecular complexity index is 1090. The number of imide groups is 1. The number of esters is 1. The molecule has 156 valence electrons. The van der Waals surface area contributed by atoms with Gasteiger partial charge in [-0.1, -0.05) is 0 Å². The van der Waals surface area contributed by atoms with Crippen molar-refractivity contribution in [2.45, 2.75) is 26.8 Å². The van der Waals surface area contributed by atoms with Gasteiger partial charge in [0, 0.05) is 29.2 Å². The largest absolute Gasteiger partial charge is 0.467 e. The summed E-state index contributed by atoms with van der Waals surface area (Å²) in [4.78, 5) is 48.2. The molecule has 1 aliphatic heterocycles. The third-order valence-electron chi connectivity index (χ3n) is 4.83. The number of methoxy groups -OCH3 is 1. The topological polar surface area (TPSA) is 112 Å². The molecule has 0 N–H and O–H groups in total. The van der Waals surface area contributed by atoms with E-state index in [-0.39, 0.29) is 10.6 Å². The number of rotatable bonds is 5. The number of thioether (sulfide) groups is 1. The number of amides is 2. The number of hydrogen-bond donors (Lipinski definition) is 0. The van der Waals surface area contributed by atoms with Crippen molar-refractivity contribution in [3.63, 3.8) is 0 Å². The molecule has 30 heavy (non-hydrogen) atoms. The third kappa shape index (κ3) is 3.73. The first kappa shape index (κ1) is 21.3. The van der Waals surface area contributed by atoms with E-state index in [0.717, 1.165) is 39.3 Å². The molecule has 1 aromatic heterocycles. The summed E-state index contributed by atoms with van der Waals surface area (Å²) in [5.41, 5.74) is 3.11. The predicted octanol–water partition coefficient (Wildman–Crippen LogP) is 3.60. The number of carbonyl (C=O) groups is 3. The fourth-order valence-electron chi connectivity index (χ4n) is 3.29. The van der Waals surface area contributed by atoms with Gasteiger partial charge in [0.1, 0.15) is 6.04 Å². The zero-order valence-electron chi connectivity index (χ0n) is 16.7. The van der Waals surface area contributed by atoms with Gasteiger partial charge in [-0.05, 0) is 62.4 Å². The van der Waals surface area contributed by atoms with Crippen LogP contribution >= 0.6 is 11.8 Å². The summed E-state index contributed by atoms with van der Waals surface area (Å²) >= 11 is 0.764. The number of nitro groups is 1. The number of hydrogen-bond acceptors (Lipinski definition) is 7. The van der Waals surface area contributed by atoms with Gasteiger partial charge in [-0.3, -0.25) is 24.6 Å². The molecule has 2 amide bonds. The summed E-state index contributed by atoms with van der Waals surface area (Å²) in [6, 6.07) is 6.98. The quantitative estimate of drug-likeness (QED) is 0.309. The van der Waals surface area contributed by atoms with Crippen LogP contribution < -0.4 is 0 Å². The molecular formula is C20H19N3O6S. The molecule has 0 bridgehead atoms.